The SMILES string of the molecule is CONc1c([N+](=O)[O-])cc(S(=O)(=O)O)cc1[N+](=O)[O-]. The minimum Gasteiger partial charge on any atom is -0.282 e. The number of hydrogen-bond acceptors (Lipinski definition) is 8. The normalized spacial score (nSPS) is 11.1. The number of nitrogens with zero attached hydrogens (tertiary/aromatic N) is 2. The highest BCUT2D eigenvalue weighted by Gasteiger charge is 2.30. The van der Waals surface area contributed by atoms with Gasteiger partial charge in [0.2, 0.25) is 5.69 Å². The highest BCUT2D eigenvalue weighted by molar-refractivity contribution is 7.85. The van der Waals surface area contributed by atoms with E-state index in [4.69, 9.17) is 4.55 Å². The van der Waals surface area contributed by atoms with Gasteiger partial charge < -0.3 is 0 Å². The Morgan fingerprint density at radius 2 is 1.63 bits per heavy atom. The van der Waals surface area contributed by atoms with Gasteiger partial charge in [0.25, 0.3) is 10.1 Å². The van der Waals surface area contributed by atoms with Gasteiger partial charge in [-0.2, -0.15) is 8.42 Å². The van der Waals surface area contributed by atoms with Gasteiger partial charge in [-0.3, -0.25) is 35.1 Å². The molecule has 0 aliphatic heterocycles. The van der Waals surface area contributed by atoms with Crippen molar-refractivity contribution in [3.63, 3.8) is 0 Å². The van der Waals surface area contributed by atoms with E-state index in [9.17, 15) is 28.6 Å². The fraction of sp³-hybridized carbons (Fsp3) is 0.143. The van der Waals surface area contributed by atoms with Crippen molar-refractivity contribution in [2.75, 3.05) is 12.6 Å². The Bertz CT molecular complexity index is 605. The molecule has 1 aromatic rings. The van der Waals surface area contributed by atoms with Crippen LogP contribution in [0.4, 0.5) is 17.1 Å². The average Bonchev–Trinajstić information content (AvgIpc) is 2.27. The fourth-order valence-corrected chi connectivity index (χ4v) is 1.75. The van der Waals surface area contributed by atoms with E-state index in [1.807, 2.05) is 5.48 Å². The largest absolute Gasteiger partial charge is 0.303 e. The molecular weight excluding hydrogens is 286 g/mol. The van der Waals surface area contributed by atoms with Crippen LogP contribution in [-0.4, -0.2) is 29.9 Å². The van der Waals surface area contributed by atoms with Crippen LogP contribution in [0, 0.1) is 20.2 Å². The maximum Gasteiger partial charge on any atom is 0.303 e. The van der Waals surface area contributed by atoms with Gasteiger partial charge in [-0.05, 0) is 0 Å². The summed E-state index contributed by atoms with van der Waals surface area (Å²) < 4.78 is 30.6. The summed E-state index contributed by atoms with van der Waals surface area (Å²) in [7, 11) is -3.76. The molecular formula is C7H7N3O8S. The first-order valence-corrected chi connectivity index (χ1v) is 5.85. The predicted octanol–water partition coefficient (Wildman–Crippen LogP) is 0.723. The first-order valence-electron chi connectivity index (χ1n) is 4.41. The van der Waals surface area contributed by atoms with Crippen LogP contribution in [0.1, 0.15) is 0 Å². The topological polar surface area (TPSA) is 162 Å². The van der Waals surface area contributed by atoms with Crippen LogP contribution in [-0.2, 0) is 15.0 Å². The van der Waals surface area contributed by atoms with Crippen molar-refractivity contribution in [3.05, 3.63) is 32.4 Å². The average molecular weight is 293 g/mol. The highest BCUT2D eigenvalue weighted by atomic mass is 32.2. The van der Waals surface area contributed by atoms with Gasteiger partial charge in [-0.1, -0.05) is 0 Å². The van der Waals surface area contributed by atoms with Crippen LogP contribution >= 0.6 is 0 Å². The predicted molar refractivity (Wildman–Crippen MR) is 60.2 cm³/mol. The third-order valence-electron chi connectivity index (χ3n) is 1.97. The Labute approximate surface area is 105 Å². The summed E-state index contributed by atoms with van der Waals surface area (Å²) in [6, 6.07) is 0.952. The van der Waals surface area contributed by atoms with Gasteiger partial charge in [0, 0.05) is 12.1 Å². The van der Waals surface area contributed by atoms with Crippen molar-refractivity contribution in [1.29, 1.82) is 0 Å². The highest BCUT2D eigenvalue weighted by Crippen LogP contribution is 2.36. The van der Waals surface area contributed by atoms with E-state index in [0.29, 0.717) is 12.1 Å². The summed E-state index contributed by atoms with van der Waals surface area (Å²) in [5.41, 5.74) is -0.562. The molecule has 19 heavy (non-hydrogen) atoms. The molecule has 11 nitrogen and oxygen atoms in total. The molecule has 0 aromatic heterocycles. The molecule has 0 amide bonds. The summed E-state index contributed by atoms with van der Waals surface area (Å²) in [6.45, 7) is 0. The van der Waals surface area contributed by atoms with Crippen LogP contribution in [0.5, 0.6) is 0 Å². The van der Waals surface area contributed by atoms with E-state index in [1.165, 1.54) is 0 Å². The number of nitro benzene ring substituents is 2. The molecule has 0 radical (unpaired) electrons. The maximum atomic E-state index is 10.9. The lowest BCUT2D eigenvalue weighted by Crippen LogP contribution is -2.07. The molecule has 0 heterocycles. The van der Waals surface area contributed by atoms with Crippen LogP contribution in [0.3, 0.4) is 0 Å². The molecule has 0 bridgehead atoms. The van der Waals surface area contributed by atoms with E-state index in [2.05, 4.69) is 4.84 Å². The smallest absolute Gasteiger partial charge is 0.282 e. The molecule has 1 rings (SSSR count). The van der Waals surface area contributed by atoms with Crippen LogP contribution in [0.25, 0.3) is 0 Å². The molecule has 104 valence electrons. The molecule has 0 saturated heterocycles. The standard InChI is InChI=1S/C7H7N3O8S/c1-18-8-7-5(9(11)12)2-4(19(15,16)17)3-6(7)10(13)14/h2-3,8H,1H3,(H,15,16,17). The fourth-order valence-electron chi connectivity index (χ4n) is 1.23. The Kier molecular flexibility index (Phi) is 3.98. The summed E-state index contributed by atoms with van der Waals surface area (Å²) >= 11 is 0. The molecule has 12 heteroatoms. The molecule has 0 saturated carbocycles. The van der Waals surface area contributed by atoms with Gasteiger partial charge in [0.15, 0.2) is 0 Å². The number of rotatable bonds is 5. The van der Waals surface area contributed by atoms with Crippen LogP contribution < -0.4 is 5.48 Å². The molecule has 0 fully saturated rings. The lowest BCUT2D eigenvalue weighted by atomic mass is 10.2. The van der Waals surface area contributed by atoms with Gasteiger partial charge in [0.1, 0.15) is 4.90 Å². The summed E-state index contributed by atoms with van der Waals surface area (Å²) in [5.74, 6) is 0. The zero-order chi connectivity index (χ0) is 14.8. The quantitative estimate of drug-likeness (QED) is 0.452. The van der Waals surface area contributed by atoms with Crippen molar-refractivity contribution < 1.29 is 27.7 Å². The van der Waals surface area contributed by atoms with E-state index in [-0.39, 0.29) is 0 Å². The Hall–Kier alpha value is -2.31. The second-order valence-corrected chi connectivity index (χ2v) is 4.55. The third kappa shape index (κ3) is 3.12. The molecule has 0 spiro atoms. The summed E-state index contributed by atoms with van der Waals surface area (Å²) in [5, 5.41) is 21.5. The minimum atomic E-state index is -4.82. The Balaban J connectivity index is 3.72. The van der Waals surface area contributed by atoms with Crippen molar-refractivity contribution in [2.45, 2.75) is 4.90 Å². The van der Waals surface area contributed by atoms with E-state index in [1.54, 1.807) is 0 Å². The Morgan fingerprint density at radius 3 is 1.89 bits per heavy atom. The monoisotopic (exact) mass is 293 g/mol. The van der Waals surface area contributed by atoms with E-state index >= 15 is 0 Å². The second kappa shape index (κ2) is 5.13. The molecule has 0 atom stereocenters. The first kappa shape index (κ1) is 14.7. The van der Waals surface area contributed by atoms with Gasteiger partial charge in [-0.15, -0.1) is 0 Å². The second-order valence-electron chi connectivity index (χ2n) is 3.13. The van der Waals surface area contributed by atoms with Gasteiger partial charge in [-0.25, -0.2) is 0 Å². The number of hydrogen-bond donors (Lipinski definition) is 2. The lowest BCUT2D eigenvalue weighted by molar-refractivity contribution is -0.393. The number of anilines is 1. The maximum absolute atomic E-state index is 10.9. The van der Waals surface area contributed by atoms with Gasteiger partial charge >= 0.3 is 11.4 Å². The van der Waals surface area contributed by atoms with Gasteiger partial charge in [0.05, 0.1) is 17.0 Å². The molecule has 0 aliphatic rings. The van der Waals surface area contributed by atoms with Crippen LogP contribution in [0.15, 0.2) is 17.0 Å². The molecule has 2 N–H and O–H groups in total. The van der Waals surface area contributed by atoms with Crippen LogP contribution in [0.2, 0.25) is 0 Å². The van der Waals surface area contributed by atoms with Crippen molar-refractivity contribution in [1.82, 2.24) is 0 Å². The lowest BCUT2D eigenvalue weighted by Gasteiger charge is -2.06. The zero-order valence-corrected chi connectivity index (χ0v) is 10.1. The number of nitrogens with one attached hydrogen (secondary N) is 1. The summed E-state index contributed by atoms with van der Waals surface area (Å²) in [4.78, 5) is 22.8. The Morgan fingerprint density at radius 1 is 1.21 bits per heavy atom. The molecule has 1 aromatic carbocycles. The van der Waals surface area contributed by atoms with E-state index in [0.717, 1.165) is 7.11 Å². The molecule has 0 aliphatic carbocycles. The van der Waals surface area contributed by atoms with E-state index < -0.39 is 41.9 Å². The number of benzene rings is 1. The zero-order valence-electron chi connectivity index (χ0n) is 9.26. The first-order chi connectivity index (χ1) is 8.68. The number of nitro groups is 2. The minimum absolute atomic E-state index is 0.476. The van der Waals surface area contributed by atoms with Crippen molar-refractivity contribution in [3.8, 4) is 0 Å². The van der Waals surface area contributed by atoms with Crippen molar-refractivity contribution >= 4 is 27.2 Å². The van der Waals surface area contributed by atoms with Crippen molar-refractivity contribution in [2.24, 2.45) is 0 Å². The summed E-state index contributed by atoms with van der Waals surface area (Å²) in [6.07, 6.45) is 0. The molecule has 0 unspecified atom stereocenters. The third-order valence-corrected chi connectivity index (χ3v) is 2.80.